The summed E-state index contributed by atoms with van der Waals surface area (Å²) in [6.45, 7) is 1.99. The van der Waals surface area contributed by atoms with Gasteiger partial charge in [-0.1, -0.05) is 18.2 Å². The molecule has 0 fully saturated rings. The highest BCUT2D eigenvalue weighted by Crippen LogP contribution is 2.16. The van der Waals surface area contributed by atoms with E-state index < -0.39 is 0 Å². The average Bonchev–Trinajstić information content (AvgIpc) is 2.60. The van der Waals surface area contributed by atoms with E-state index in [0.29, 0.717) is 5.56 Å². The van der Waals surface area contributed by atoms with Crippen molar-refractivity contribution in [3.8, 4) is 11.8 Å². The highest BCUT2D eigenvalue weighted by Gasteiger charge is 2.07. The summed E-state index contributed by atoms with van der Waals surface area (Å²) in [6, 6.07) is 9.79. The van der Waals surface area contributed by atoms with Crippen LogP contribution < -0.4 is 5.73 Å². The first kappa shape index (κ1) is 9.28. The van der Waals surface area contributed by atoms with E-state index in [4.69, 9.17) is 11.0 Å². The highest BCUT2D eigenvalue weighted by atomic mass is 15.3. The lowest BCUT2D eigenvalue weighted by molar-refractivity contribution is 0.878. The number of benzene rings is 1. The number of para-hydroxylation sites is 1. The fourth-order valence-electron chi connectivity index (χ4n) is 1.42. The van der Waals surface area contributed by atoms with Gasteiger partial charge in [-0.2, -0.15) is 5.26 Å². The van der Waals surface area contributed by atoms with Crippen LogP contribution in [0.3, 0.4) is 0 Å². The fraction of sp³-hybridized carbons (Fsp3) is 0.0909. The van der Waals surface area contributed by atoms with Crippen LogP contribution in [0, 0.1) is 18.3 Å². The van der Waals surface area contributed by atoms with Crippen LogP contribution >= 0.6 is 0 Å². The van der Waals surface area contributed by atoms with Crippen molar-refractivity contribution in [3.05, 3.63) is 41.6 Å². The fourth-order valence-corrected chi connectivity index (χ4v) is 1.42. The summed E-state index contributed by atoms with van der Waals surface area (Å²) >= 11 is 0. The molecule has 2 N–H and O–H groups in total. The number of hydrogen-bond acceptors (Lipinski definition) is 3. The quantitative estimate of drug-likeness (QED) is 0.757. The predicted molar refractivity (Wildman–Crippen MR) is 57.4 cm³/mol. The molecule has 0 amide bonds. The molecule has 2 rings (SSSR count). The third-order valence-corrected chi connectivity index (χ3v) is 2.23. The number of hydrogen-bond donors (Lipinski definition) is 1. The van der Waals surface area contributed by atoms with E-state index in [1.807, 2.05) is 37.3 Å². The smallest absolute Gasteiger partial charge is 0.163 e. The first-order chi connectivity index (χ1) is 7.22. The molecule has 0 spiro atoms. The lowest BCUT2D eigenvalue weighted by Crippen LogP contribution is -1.98. The molecule has 1 heterocycles. The Morgan fingerprint density at radius 2 is 2.13 bits per heavy atom. The van der Waals surface area contributed by atoms with Gasteiger partial charge in [0.2, 0.25) is 0 Å². The minimum atomic E-state index is 0.265. The molecule has 4 heteroatoms. The zero-order chi connectivity index (χ0) is 10.8. The van der Waals surface area contributed by atoms with Gasteiger partial charge in [-0.3, -0.25) is 0 Å². The van der Waals surface area contributed by atoms with E-state index in [9.17, 15) is 0 Å². The average molecular weight is 198 g/mol. The summed E-state index contributed by atoms with van der Waals surface area (Å²) in [5.74, 6) is 0.265. The van der Waals surface area contributed by atoms with E-state index in [-0.39, 0.29) is 5.82 Å². The summed E-state index contributed by atoms with van der Waals surface area (Å²) in [5, 5.41) is 12.8. The van der Waals surface area contributed by atoms with Gasteiger partial charge in [-0.05, 0) is 18.6 Å². The number of aromatic nitrogens is 2. The van der Waals surface area contributed by atoms with E-state index >= 15 is 0 Å². The molecule has 15 heavy (non-hydrogen) atoms. The van der Waals surface area contributed by atoms with E-state index in [2.05, 4.69) is 5.10 Å². The van der Waals surface area contributed by atoms with E-state index in [1.54, 1.807) is 10.9 Å². The zero-order valence-electron chi connectivity index (χ0n) is 8.31. The normalized spacial score (nSPS) is 9.87. The zero-order valence-corrected chi connectivity index (χ0v) is 8.31. The standard InChI is InChI=1S/C11H10N4/c1-8-4-2-3-5-10(8)15-7-9(6-12)11(13)14-15/h2-5,7H,1H3,(H2,13,14). The first-order valence-electron chi connectivity index (χ1n) is 4.53. The van der Waals surface area contributed by atoms with Crippen molar-refractivity contribution >= 4 is 5.82 Å². The van der Waals surface area contributed by atoms with Crippen LogP contribution in [0.25, 0.3) is 5.69 Å². The molecule has 0 unspecified atom stereocenters. The van der Waals surface area contributed by atoms with Crippen molar-refractivity contribution in [1.82, 2.24) is 9.78 Å². The van der Waals surface area contributed by atoms with Crippen LogP contribution in [0.2, 0.25) is 0 Å². The van der Waals surface area contributed by atoms with Crippen molar-refractivity contribution in [2.75, 3.05) is 5.73 Å². The third-order valence-electron chi connectivity index (χ3n) is 2.23. The van der Waals surface area contributed by atoms with Crippen molar-refractivity contribution in [2.45, 2.75) is 6.92 Å². The van der Waals surface area contributed by atoms with Crippen molar-refractivity contribution < 1.29 is 0 Å². The Labute approximate surface area is 87.6 Å². The van der Waals surface area contributed by atoms with Gasteiger partial charge >= 0.3 is 0 Å². The molecule has 0 atom stereocenters. The number of nitrogens with two attached hydrogens (primary N) is 1. The lowest BCUT2D eigenvalue weighted by atomic mass is 10.2. The number of nitriles is 1. The maximum Gasteiger partial charge on any atom is 0.163 e. The maximum absolute atomic E-state index is 8.76. The molecule has 0 aliphatic heterocycles. The Kier molecular flexibility index (Phi) is 2.14. The Morgan fingerprint density at radius 1 is 1.40 bits per heavy atom. The molecule has 0 saturated heterocycles. The number of anilines is 1. The Balaban J connectivity index is 2.56. The predicted octanol–water partition coefficient (Wildman–Crippen LogP) is 1.63. The molecule has 1 aromatic carbocycles. The van der Waals surface area contributed by atoms with Crippen molar-refractivity contribution in [1.29, 1.82) is 5.26 Å². The third kappa shape index (κ3) is 1.55. The van der Waals surface area contributed by atoms with Gasteiger partial charge in [0.15, 0.2) is 5.82 Å². The molecule has 0 saturated carbocycles. The van der Waals surface area contributed by atoms with Crippen molar-refractivity contribution in [3.63, 3.8) is 0 Å². The minimum Gasteiger partial charge on any atom is -0.381 e. The molecule has 74 valence electrons. The summed E-state index contributed by atoms with van der Waals surface area (Å²) in [6.07, 6.45) is 1.64. The molecule has 0 aliphatic carbocycles. The van der Waals surface area contributed by atoms with Gasteiger partial charge in [0.05, 0.1) is 11.9 Å². The van der Waals surface area contributed by atoms with Gasteiger partial charge in [0, 0.05) is 0 Å². The van der Waals surface area contributed by atoms with Crippen molar-refractivity contribution in [2.24, 2.45) is 0 Å². The van der Waals surface area contributed by atoms with Crippen LogP contribution in [0.5, 0.6) is 0 Å². The Bertz CT molecular complexity index is 534. The van der Waals surface area contributed by atoms with E-state index in [1.165, 1.54) is 0 Å². The van der Waals surface area contributed by atoms with Crippen LogP contribution in [0.1, 0.15) is 11.1 Å². The number of aryl methyl sites for hydroxylation is 1. The van der Waals surface area contributed by atoms with Crippen LogP contribution in [-0.2, 0) is 0 Å². The second-order valence-corrected chi connectivity index (χ2v) is 3.27. The maximum atomic E-state index is 8.76. The molecular formula is C11H10N4. The van der Waals surface area contributed by atoms with Crippen LogP contribution in [-0.4, -0.2) is 9.78 Å². The minimum absolute atomic E-state index is 0.265. The van der Waals surface area contributed by atoms with Crippen LogP contribution in [0.15, 0.2) is 30.5 Å². The summed E-state index contributed by atoms with van der Waals surface area (Å²) in [5.41, 5.74) is 8.01. The highest BCUT2D eigenvalue weighted by molar-refractivity contribution is 5.50. The van der Waals surface area contributed by atoms with Gasteiger partial charge in [-0.25, -0.2) is 4.68 Å². The molecule has 4 nitrogen and oxygen atoms in total. The SMILES string of the molecule is Cc1ccccc1-n1cc(C#N)c(N)n1. The Morgan fingerprint density at radius 3 is 2.73 bits per heavy atom. The molecule has 1 aromatic heterocycles. The first-order valence-corrected chi connectivity index (χ1v) is 4.53. The summed E-state index contributed by atoms with van der Waals surface area (Å²) in [4.78, 5) is 0. The second-order valence-electron chi connectivity index (χ2n) is 3.27. The van der Waals surface area contributed by atoms with Gasteiger partial charge in [0.1, 0.15) is 11.6 Å². The number of nitrogens with zero attached hydrogens (tertiary/aromatic N) is 3. The van der Waals surface area contributed by atoms with Crippen LogP contribution in [0.4, 0.5) is 5.82 Å². The molecule has 0 bridgehead atoms. The second kappa shape index (κ2) is 3.46. The lowest BCUT2D eigenvalue weighted by Gasteiger charge is -2.03. The molecule has 0 radical (unpaired) electrons. The molecule has 2 aromatic rings. The Hall–Kier alpha value is -2.28. The summed E-state index contributed by atoms with van der Waals surface area (Å²) < 4.78 is 1.63. The topological polar surface area (TPSA) is 67.6 Å². The van der Waals surface area contributed by atoms with Gasteiger partial charge < -0.3 is 5.73 Å². The summed E-state index contributed by atoms with van der Waals surface area (Å²) in [7, 11) is 0. The molecule has 0 aliphatic rings. The number of rotatable bonds is 1. The van der Waals surface area contributed by atoms with Gasteiger partial charge in [0.25, 0.3) is 0 Å². The largest absolute Gasteiger partial charge is 0.381 e. The number of nitrogen functional groups attached to an aromatic ring is 1. The molecular weight excluding hydrogens is 188 g/mol. The van der Waals surface area contributed by atoms with Gasteiger partial charge in [-0.15, -0.1) is 5.10 Å². The van der Waals surface area contributed by atoms with E-state index in [0.717, 1.165) is 11.3 Å². The monoisotopic (exact) mass is 198 g/mol.